The van der Waals surface area contributed by atoms with E-state index in [2.05, 4.69) is 15.9 Å². The molecule has 0 aliphatic carbocycles. The second-order valence-corrected chi connectivity index (χ2v) is 2.57. The molecule has 0 atom stereocenters. The first-order valence-corrected chi connectivity index (χ1v) is 3.98. The number of hydroxylamine groups is 2. The van der Waals surface area contributed by atoms with Crippen molar-refractivity contribution < 1.29 is 9.73 Å². The molecule has 0 unspecified atom stereocenters. The Kier molecular flexibility index (Phi) is 3.95. The fourth-order valence-corrected chi connectivity index (χ4v) is 0.823. The van der Waals surface area contributed by atoms with Crippen LogP contribution in [0.2, 0.25) is 0 Å². The molecule has 4 nitrogen and oxygen atoms in total. The maximum Gasteiger partial charge on any atom is 0.241 e. The third kappa shape index (κ3) is 4.25. The van der Waals surface area contributed by atoms with Crippen molar-refractivity contribution in [2.45, 2.75) is 13.5 Å². The fourth-order valence-electron chi connectivity index (χ4n) is 0.823. The van der Waals surface area contributed by atoms with Gasteiger partial charge in [-0.15, -0.1) is 0 Å². The average Bonchev–Trinajstić information content (AvgIpc) is 2.14. The smallest absolute Gasteiger partial charge is 0.241 e. The van der Waals surface area contributed by atoms with Crippen LogP contribution in [-0.4, -0.2) is 5.91 Å². The van der Waals surface area contributed by atoms with E-state index in [1.807, 2.05) is 30.3 Å². The molecule has 0 aliphatic heterocycles. The van der Waals surface area contributed by atoms with Gasteiger partial charge in [0.1, 0.15) is 0 Å². The van der Waals surface area contributed by atoms with Crippen LogP contribution in [0.5, 0.6) is 0 Å². The lowest BCUT2D eigenvalue weighted by Crippen LogP contribution is -2.28. The second kappa shape index (κ2) is 5.29. The lowest BCUT2D eigenvalue weighted by atomic mass is 10.2. The van der Waals surface area contributed by atoms with Gasteiger partial charge in [-0.3, -0.25) is 4.79 Å². The topological polar surface area (TPSA) is 50.4 Å². The van der Waals surface area contributed by atoms with Gasteiger partial charge < -0.3 is 0 Å². The fraction of sp³-hybridized carbons (Fsp3) is 0.222. The lowest BCUT2D eigenvalue weighted by molar-refractivity contribution is -0.138. The predicted octanol–water partition coefficient (Wildman–Crippen LogP) is 0.759. The third-order valence-corrected chi connectivity index (χ3v) is 1.39. The van der Waals surface area contributed by atoms with E-state index in [9.17, 15) is 4.79 Å². The summed E-state index contributed by atoms with van der Waals surface area (Å²) in [5.74, 6) is -0.236. The van der Waals surface area contributed by atoms with Crippen molar-refractivity contribution in [3.05, 3.63) is 35.9 Å². The Hall–Kier alpha value is -1.39. The number of carbonyl (C=O) groups is 1. The van der Waals surface area contributed by atoms with E-state index in [0.717, 1.165) is 5.56 Å². The quantitative estimate of drug-likeness (QED) is 0.531. The standard InChI is InChI=1S/C9H12N2O2/c1-8(12)11-13-10-7-9-5-3-2-4-6-9/h2-6,10H,7H2,1H3,(H,11,12). The average molecular weight is 180 g/mol. The van der Waals surface area contributed by atoms with Gasteiger partial charge in [0, 0.05) is 13.5 Å². The first-order chi connectivity index (χ1) is 6.29. The van der Waals surface area contributed by atoms with Gasteiger partial charge in [-0.1, -0.05) is 30.3 Å². The zero-order chi connectivity index (χ0) is 9.52. The maximum absolute atomic E-state index is 10.4. The van der Waals surface area contributed by atoms with Crippen LogP contribution in [0.4, 0.5) is 0 Å². The Bertz CT molecular complexity index is 262. The molecule has 0 fully saturated rings. The molecule has 0 aromatic heterocycles. The number of carbonyl (C=O) groups excluding carboxylic acids is 1. The first kappa shape index (κ1) is 9.70. The highest BCUT2D eigenvalue weighted by Gasteiger charge is 1.91. The van der Waals surface area contributed by atoms with E-state index >= 15 is 0 Å². The minimum absolute atomic E-state index is 0.236. The summed E-state index contributed by atoms with van der Waals surface area (Å²) in [5, 5.41) is 0. The summed E-state index contributed by atoms with van der Waals surface area (Å²) < 4.78 is 0. The molecule has 2 N–H and O–H groups in total. The highest BCUT2D eigenvalue weighted by atomic mass is 16.8. The third-order valence-electron chi connectivity index (χ3n) is 1.39. The summed E-state index contributed by atoms with van der Waals surface area (Å²) in [5.41, 5.74) is 5.86. The number of rotatable bonds is 4. The minimum atomic E-state index is -0.236. The number of hydrogen-bond acceptors (Lipinski definition) is 3. The molecule has 1 aromatic carbocycles. The van der Waals surface area contributed by atoms with Crippen molar-refractivity contribution in [3.63, 3.8) is 0 Å². The van der Waals surface area contributed by atoms with E-state index in [0.29, 0.717) is 6.54 Å². The van der Waals surface area contributed by atoms with Crippen molar-refractivity contribution in [3.8, 4) is 0 Å². The van der Waals surface area contributed by atoms with Crippen molar-refractivity contribution in [1.82, 2.24) is 11.0 Å². The normalized spacial score (nSPS) is 9.62. The van der Waals surface area contributed by atoms with Crippen LogP contribution in [0.3, 0.4) is 0 Å². The summed E-state index contributed by atoms with van der Waals surface area (Å²) in [6, 6.07) is 9.75. The van der Waals surface area contributed by atoms with E-state index < -0.39 is 0 Å². The number of hydrogen-bond donors (Lipinski definition) is 2. The molecule has 13 heavy (non-hydrogen) atoms. The Labute approximate surface area is 76.8 Å². The molecule has 0 heterocycles. The lowest BCUT2D eigenvalue weighted by Gasteiger charge is -2.04. The van der Waals surface area contributed by atoms with Gasteiger partial charge in [-0.2, -0.15) is 10.4 Å². The van der Waals surface area contributed by atoms with Gasteiger partial charge in [0.25, 0.3) is 0 Å². The second-order valence-electron chi connectivity index (χ2n) is 2.57. The molecule has 0 radical (unpaired) electrons. The van der Waals surface area contributed by atoms with Gasteiger partial charge in [-0.05, 0) is 5.56 Å². The van der Waals surface area contributed by atoms with Crippen LogP contribution in [0.1, 0.15) is 12.5 Å². The summed E-state index contributed by atoms with van der Waals surface area (Å²) >= 11 is 0. The monoisotopic (exact) mass is 180 g/mol. The zero-order valence-electron chi connectivity index (χ0n) is 7.41. The summed E-state index contributed by atoms with van der Waals surface area (Å²) in [6.45, 7) is 1.94. The van der Waals surface area contributed by atoms with Gasteiger partial charge in [0.15, 0.2) is 0 Å². The van der Waals surface area contributed by atoms with Crippen LogP contribution in [0.15, 0.2) is 30.3 Å². The van der Waals surface area contributed by atoms with E-state index in [1.165, 1.54) is 6.92 Å². The molecule has 0 spiro atoms. The maximum atomic E-state index is 10.4. The number of benzene rings is 1. The molecular weight excluding hydrogens is 168 g/mol. The summed E-state index contributed by atoms with van der Waals surface area (Å²) in [7, 11) is 0. The minimum Gasteiger partial charge on any atom is -0.273 e. The molecule has 4 heteroatoms. The van der Waals surface area contributed by atoms with Crippen molar-refractivity contribution in [1.29, 1.82) is 0 Å². The SMILES string of the molecule is CC(=O)NONCc1ccccc1. The number of nitrogens with one attached hydrogen (secondary N) is 2. The highest BCUT2D eigenvalue weighted by molar-refractivity contribution is 5.71. The molecule has 1 aromatic rings. The van der Waals surface area contributed by atoms with Crippen LogP contribution >= 0.6 is 0 Å². The number of amides is 1. The Morgan fingerprint density at radius 3 is 2.69 bits per heavy atom. The zero-order valence-corrected chi connectivity index (χ0v) is 7.41. The Balaban J connectivity index is 2.17. The Morgan fingerprint density at radius 1 is 1.38 bits per heavy atom. The van der Waals surface area contributed by atoms with Crippen LogP contribution in [-0.2, 0) is 16.3 Å². The van der Waals surface area contributed by atoms with Crippen LogP contribution < -0.4 is 11.0 Å². The molecule has 70 valence electrons. The van der Waals surface area contributed by atoms with Crippen LogP contribution in [0.25, 0.3) is 0 Å². The highest BCUT2D eigenvalue weighted by Crippen LogP contribution is 1.96. The molecule has 0 bridgehead atoms. The largest absolute Gasteiger partial charge is 0.273 e. The van der Waals surface area contributed by atoms with Gasteiger partial charge >= 0.3 is 0 Å². The summed E-state index contributed by atoms with van der Waals surface area (Å²) in [4.78, 5) is 15.0. The van der Waals surface area contributed by atoms with E-state index in [1.54, 1.807) is 0 Å². The van der Waals surface area contributed by atoms with E-state index in [4.69, 9.17) is 0 Å². The van der Waals surface area contributed by atoms with E-state index in [-0.39, 0.29) is 5.91 Å². The van der Waals surface area contributed by atoms with Gasteiger partial charge in [-0.25, -0.2) is 5.48 Å². The van der Waals surface area contributed by atoms with Gasteiger partial charge in [0.2, 0.25) is 5.91 Å². The molecule has 1 amide bonds. The molecule has 0 aliphatic rings. The van der Waals surface area contributed by atoms with Gasteiger partial charge in [0.05, 0.1) is 0 Å². The first-order valence-electron chi connectivity index (χ1n) is 3.98. The summed E-state index contributed by atoms with van der Waals surface area (Å²) in [6.07, 6.45) is 0. The molecule has 1 rings (SSSR count). The predicted molar refractivity (Wildman–Crippen MR) is 48.2 cm³/mol. The van der Waals surface area contributed by atoms with Crippen molar-refractivity contribution in [2.24, 2.45) is 0 Å². The molecular formula is C9H12N2O2. The van der Waals surface area contributed by atoms with Crippen molar-refractivity contribution >= 4 is 5.91 Å². The Morgan fingerprint density at radius 2 is 2.08 bits per heavy atom. The van der Waals surface area contributed by atoms with Crippen molar-refractivity contribution in [2.75, 3.05) is 0 Å². The molecule has 0 saturated carbocycles. The van der Waals surface area contributed by atoms with Crippen LogP contribution in [0, 0.1) is 0 Å². The molecule has 0 saturated heterocycles.